The van der Waals surface area contributed by atoms with Crippen LogP contribution in [-0.2, 0) is 0 Å². The Bertz CT molecular complexity index is 563. The van der Waals surface area contributed by atoms with Gasteiger partial charge in [-0.25, -0.2) is 0 Å². The van der Waals surface area contributed by atoms with E-state index in [1.807, 2.05) is 36.3 Å². The molecule has 1 amide bonds. The van der Waals surface area contributed by atoms with Gasteiger partial charge in [0.1, 0.15) is 0 Å². The van der Waals surface area contributed by atoms with Crippen molar-refractivity contribution in [1.82, 2.24) is 4.90 Å². The maximum atomic E-state index is 12.6. The molecule has 114 valence electrons. The average molecular weight is 322 g/mol. The molecule has 0 atom stereocenters. The highest BCUT2D eigenvalue weighted by atomic mass is 32.2. The van der Waals surface area contributed by atoms with E-state index < -0.39 is 0 Å². The quantitative estimate of drug-likeness (QED) is 0.869. The first kappa shape index (κ1) is 16.3. The predicted octanol–water partition coefficient (Wildman–Crippen LogP) is 2.93. The maximum absolute atomic E-state index is 12.6. The Morgan fingerprint density at radius 1 is 1.29 bits per heavy atom. The molecule has 3 nitrogen and oxygen atoms in total. The molecule has 1 fully saturated rings. The minimum absolute atomic E-state index is 0.107. The molecule has 1 aromatic rings. The van der Waals surface area contributed by atoms with E-state index in [0.717, 1.165) is 24.0 Å². The molecular weight excluding hydrogens is 300 g/mol. The van der Waals surface area contributed by atoms with Crippen LogP contribution in [0.2, 0.25) is 0 Å². The zero-order valence-corrected chi connectivity index (χ0v) is 14.4. The first-order valence-corrected chi connectivity index (χ1v) is 8.74. The number of rotatable bonds is 3. The van der Waals surface area contributed by atoms with Crippen LogP contribution < -0.4 is 5.73 Å². The third-order valence-electron chi connectivity index (χ3n) is 4.45. The number of carbonyl (C=O) groups excluding carboxylic acids is 1. The first-order chi connectivity index (χ1) is 9.89. The van der Waals surface area contributed by atoms with Crippen molar-refractivity contribution < 1.29 is 4.79 Å². The van der Waals surface area contributed by atoms with Gasteiger partial charge < -0.3 is 10.6 Å². The van der Waals surface area contributed by atoms with Gasteiger partial charge >= 0.3 is 0 Å². The number of benzene rings is 1. The van der Waals surface area contributed by atoms with Crippen molar-refractivity contribution >= 4 is 34.9 Å². The summed E-state index contributed by atoms with van der Waals surface area (Å²) < 4.78 is -0.144. The molecule has 0 spiro atoms. The lowest BCUT2D eigenvalue weighted by Gasteiger charge is -2.40. The second-order valence-corrected chi connectivity index (χ2v) is 7.28. The number of nitrogens with two attached hydrogens (primary N) is 1. The van der Waals surface area contributed by atoms with Crippen molar-refractivity contribution in [2.24, 2.45) is 5.73 Å². The van der Waals surface area contributed by atoms with Gasteiger partial charge in [-0.2, -0.15) is 11.8 Å². The summed E-state index contributed by atoms with van der Waals surface area (Å²) in [6.07, 6.45) is 3.71. The second kappa shape index (κ2) is 6.36. The number of hydrogen-bond donors (Lipinski definition) is 1. The fraction of sp³-hybridized carbons (Fsp3) is 0.500. The van der Waals surface area contributed by atoms with Gasteiger partial charge in [-0.05, 0) is 56.2 Å². The number of hydrogen-bond acceptors (Lipinski definition) is 3. The predicted molar refractivity (Wildman–Crippen MR) is 94.1 cm³/mol. The van der Waals surface area contributed by atoms with E-state index in [2.05, 4.69) is 6.92 Å². The van der Waals surface area contributed by atoms with Crippen LogP contribution in [0.15, 0.2) is 18.2 Å². The summed E-state index contributed by atoms with van der Waals surface area (Å²) in [6, 6.07) is 5.89. The summed E-state index contributed by atoms with van der Waals surface area (Å²) in [5, 5.41) is 0. The maximum Gasteiger partial charge on any atom is 0.253 e. The van der Waals surface area contributed by atoms with E-state index in [9.17, 15) is 4.79 Å². The molecule has 0 bridgehead atoms. The monoisotopic (exact) mass is 322 g/mol. The number of amides is 1. The van der Waals surface area contributed by atoms with Gasteiger partial charge in [-0.15, -0.1) is 0 Å². The molecule has 1 aliphatic heterocycles. The Morgan fingerprint density at radius 3 is 2.38 bits per heavy atom. The number of carbonyl (C=O) groups is 1. The van der Waals surface area contributed by atoms with Crippen molar-refractivity contribution in [3.05, 3.63) is 34.9 Å². The minimum Gasteiger partial charge on any atom is -0.392 e. The molecule has 1 aliphatic rings. The van der Waals surface area contributed by atoms with Crippen LogP contribution in [-0.4, -0.2) is 39.9 Å². The largest absolute Gasteiger partial charge is 0.392 e. The summed E-state index contributed by atoms with van der Waals surface area (Å²) in [5.41, 5.74) is 9.02. The number of thioether (sulfide) groups is 1. The topological polar surface area (TPSA) is 46.3 Å². The molecule has 1 heterocycles. The highest BCUT2D eigenvalue weighted by molar-refractivity contribution is 8.02. The summed E-state index contributed by atoms with van der Waals surface area (Å²) >= 11 is 6.92. The fourth-order valence-electron chi connectivity index (χ4n) is 2.68. The lowest BCUT2D eigenvalue weighted by atomic mass is 9.95. The van der Waals surface area contributed by atoms with Crippen molar-refractivity contribution in [3.63, 3.8) is 0 Å². The van der Waals surface area contributed by atoms with Crippen LogP contribution in [0.5, 0.6) is 0 Å². The number of nitrogens with zero attached hydrogens (tertiary/aromatic N) is 1. The van der Waals surface area contributed by atoms with Gasteiger partial charge in [0.15, 0.2) is 0 Å². The van der Waals surface area contributed by atoms with Gasteiger partial charge in [0, 0.05) is 18.7 Å². The summed E-state index contributed by atoms with van der Waals surface area (Å²) in [7, 11) is 0. The fourth-order valence-corrected chi connectivity index (χ4v) is 3.93. The van der Waals surface area contributed by atoms with Crippen LogP contribution in [0, 0.1) is 13.8 Å². The summed E-state index contributed by atoms with van der Waals surface area (Å²) in [6.45, 7) is 5.52. The van der Waals surface area contributed by atoms with E-state index in [1.165, 1.54) is 5.56 Å². The molecule has 2 rings (SSSR count). The molecule has 21 heavy (non-hydrogen) atoms. The Labute approximate surface area is 136 Å². The summed E-state index contributed by atoms with van der Waals surface area (Å²) in [5.74, 6) is 0.107. The zero-order valence-electron chi connectivity index (χ0n) is 12.8. The number of thiocarbonyl (C=S) groups is 1. The Balaban J connectivity index is 2.09. The lowest BCUT2D eigenvalue weighted by molar-refractivity contribution is 0.0719. The van der Waals surface area contributed by atoms with Crippen molar-refractivity contribution in [2.75, 3.05) is 19.3 Å². The van der Waals surface area contributed by atoms with Gasteiger partial charge in [-0.3, -0.25) is 4.79 Å². The Morgan fingerprint density at radius 2 is 1.90 bits per heavy atom. The standard InChI is InChI=1S/C16H22N2OS2/c1-11-4-5-13(10-12(11)2)14(19)18-8-6-16(21-3,7-9-18)15(17)20/h4-5,10H,6-9H2,1-3H3,(H2,17,20). The van der Waals surface area contributed by atoms with E-state index in [-0.39, 0.29) is 10.7 Å². The van der Waals surface area contributed by atoms with E-state index in [0.29, 0.717) is 18.1 Å². The van der Waals surface area contributed by atoms with E-state index in [4.69, 9.17) is 18.0 Å². The SMILES string of the molecule is CSC1(C(N)=S)CCN(C(=O)c2ccc(C)c(C)c2)CC1. The van der Waals surface area contributed by atoms with Gasteiger partial charge in [0.2, 0.25) is 0 Å². The summed E-state index contributed by atoms with van der Waals surface area (Å²) in [4.78, 5) is 15.1. The molecule has 0 unspecified atom stereocenters. The Hall–Kier alpha value is -1.07. The molecule has 0 radical (unpaired) electrons. The molecule has 1 saturated heterocycles. The highest BCUT2D eigenvalue weighted by Gasteiger charge is 2.37. The smallest absolute Gasteiger partial charge is 0.253 e. The average Bonchev–Trinajstić information content (AvgIpc) is 2.49. The van der Waals surface area contributed by atoms with Crippen molar-refractivity contribution in [3.8, 4) is 0 Å². The van der Waals surface area contributed by atoms with E-state index in [1.54, 1.807) is 11.8 Å². The van der Waals surface area contributed by atoms with Gasteiger partial charge in [-0.1, -0.05) is 18.3 Å². The number of likely N-dealkylation sites (tertiary alicyclic amines) is 1. The lowest BCUT2D eigenvalue weighted by Crippen LogP contribution is -2.50. The van der Waals surface area contributed by atoms with Crippen LogP contribution >= 0.6 is 24.0 Å². The van der Waals surface area contributed by atoms with Crippen LogP contribution in [0.1, 0.15) is 34.3 Å². The molecular formula is C16H22N2OS2. The second-order valence-electron chi connectivity index (χ2n) is 5.65. The molecule has 0 aliphatic carbocycles. The first-order valence-electron chi connectivity index (χ1n) is 7.11. The zero-order chi connectivity index (χ0) is 15.6. The molecule has 2 N–H and O–H groups in total. The van der Waals surface area contributed by atoms with Crippen LogP contribution in [0.3, 0.4) is 0 Å². The van der Waals surface area contributed by atoms with Gasteiger partial charge in [0.25, 0.3) is 5.91 Å². The third kappa shape index (κ3) is 3.24. The number of piperidine rings is 1. The molecule has 5 heteroatoms. The van der Waals surface area contributed by atoms with Crippen LogP contribution in [0.25, 0.3) is 0 Å². The highest BCUT2D eigenvalue weighted by Crippen LogP contribution is 2.35. The molecule has 1 aromatic carbocycles. The van der Waals surface area contributed by atoms with Crippen LogP contribution in [0.4, 0.5) is 0 Å². The normalized spacial score (nSPS) is 17.6. The van der Waals surface area contributed by atoms with E-state index >= 15 is 0 Å². The molecule has 0 saturated carbocycles. The minimum atomic E-state index is -0.144. The third-order valence-corrected chi connectivity index (χ3v) is 6.38. The Kier molecular flexibility index (Phi) is 4.94. The van der Waals surface area contributed by atoms with Gasteiger partial charge in [0.05, 0.1) is 9.74 Å². The molecule has 0 aromatic heterocycles. The number of aryl methyl sites for hydroxylation is 2. The van der Waals surface area contributed by atoms with Crippen molar-refractivity contribution in [2.45, 2.75) is 31.4 Å². The van der Waals surface area contributed by atoms with Crippen molar-refractivity contribution in [1.29, 1.82) is 0 Å².